The standard InChI is InChI=1S/C18H26N2O4Si/c1-18(2,3)24-17(22)20-14(8-9-16(20)25(5,6)7)12-10-15(23-4)13(11-21)19-12/h8-11,19H,1-7H3. The molecule has 6 nitrogen and oxygen atoms in total. The Kier molecular flexibility index (Phi) is 4.99. The van der Waals surface area contributed by atoms with E-state index in [9.17, 15) is 9.59 Å². The fourth-order valence-corrected chi connectivity index (χ4v) is 4.05. The van der Waals surface area contributed by atoms with Gasteiger partial charge in [-0.3, -0.25) is 9.36 Å². The van der Waals surface area contributed by atoms with Crippen LogP contribution in [0.25, 0.3) is 11.4 Å². The quantitative estimate of drug-likeness (QED) is 0.666. The van der Waals surface area contributed by atoms with E-state index >= 15 is 0 Å². The molecule has 0 aliphatic carbocycles. The molecule has 0 unspecified atom stereocenters. The lowest BCUT2D eigenvalue weighted by atomic mass is 10.2. The highest BCUT2D eigenvalue weighted by Gasteiger charge is 2.29. The van der Waals surface area contributed by atoms with Gasteiger partial charge >= 0.3 is 6.09 Å². The number of aromatic amines is 1. The van der Waals surface area contributed by atoms with E-state index < -0.39 is 19.8 Å². The molecule has 2 aromatic rings. The predicted molar refractivity (Wildman–Crippen MR) is 101 cm³/mol. The van der Waals surface area contributed by atoms with Crippen LogP contribution in [-0.2, 0) is 4.74 Å². The highest BCUT2D eigenvalue weighted by molar-refractivity contribution is 6.88. The Morgan fingerprint density at radius 1 is 1.24 bits per heavy atom. The Balaban J connectivity index is 2.63. The van der Waals surface area contributed by atoms with Crippen molar-refractivity contribution in [2.45, 2.75) is 46.0 Å². The summed E-state index contributed by atoms with van der Waals surface area (Å²) in [6.45, 7) is 12.0. The van der Waals surface area contributed by atoms with E-state index in [0.717, 1.165) is 5.32 Å². The van der Waals surface area contributed by atoms with Crippen molar-refractivity contribution in [1.29, 1.82) is 0 Å². The molecule has 1 N–H and O–H groups in total. The summed E-state index contributed by atoms with van der Waals surface area (Å²) in [5.41, 5.74) is 1.02. The smallest absolute Gasteiger partial charge is 0.418 e. The average Bonchev–Trinajstić information content (AvgIpc) is 3.08. The van der Waals surface area contributed by atoms with Crippen molar-refractivity contribution in [3.63, 3.8) is 0 Å². The van der Waals surface area contributed by atoms with Crippen LogP contribution >= 0.6 is 0 Å². The van der Waals surface area contributed by atoms with Gasteiger partial charge in [-0.2, -0.15) is 0 Å². The molecule has 0 aliphatic rings. The van der Waals surface area contributed by atoms with Gasteiger partial charge in [0.1, 0.15) is 17.0 Å². The number of hydrogen-bond donors (Lipinski definition) is 1. The van der Waals surface area contributed by atoms with Crippen molar-refractivity contribution >= 4 is 25.8 Å². The Hall–Kier alpha value is -2.28. The van der Waals surface area contributed by atoms with E-state index in [1.807, 2.05) is 32.9 Å². The van der Waals surface area contributed by atoms with E-state index in [0.29, 0.717) is 29.1 Å². The molecule has 2 rings (SSSR count). The third-order valence-corrected chi connectivity index (χ3v) is 5.58. The maximum atomic E-state index is 12.9. The van der Waals surface area contributed by atoms with E-state index in [1.54, 1.807) is 10.6 Å². The Bertz CT molecular complexity index is 791. The molecule has 0 fully saturated rings. The fraction of sp³-hybridized carbons (Fsp3) is 0.444. The highest BCUT2D eigenvalue weighted by atomic mass is 28.3. The Morgan fingerprint density at radius 2 is 1.88 bits per heavy atom. The first-order valence-corrected chi connectivity index (χ1v) is 11.7. The largest absolute Gasteiger partial charge is 0.494 e. The minimum Gasteiger partial charge on any atom is -0.494 e. The summed E-state index contributed by atoms with van der Waals surface area (Å²) in [4.78, 5) is 27.1. The predicted octanol–water partition coefficient (Wildman–Crippen LogP) is 3.63. The molecule has 7 heteroatoms. The highest BCUT2D eigenvalue weighted by Crippen LogP contribution is 2.27. The number of carbonyl (C=O) groups excluding carboxylic acids is 2. The molecule has 25 heavy (non-hydrogen) atoms. The summed E-state index contributed by atoms with van der Waals surface area (Å²) in [7, 11) is -0.304. The van der Waals surface area contributed by atoms with Crippen molar-refractivity contribution in [1.82, 2.24) is 9.55 Å². The fourth-order valence-electron chi connectivity index (χ4n) is 2.58. The van der Waals surface area contributed by atoms with Gasteiger partial charge in [-0.05, 0) is 32.9 Å². The molecule has 0 aliphatic heterocycles. The van der Waals surface area contributed by atoms with Crippen LogP contribution in [0.3, 0.4) is 0 Å². The summed E-state index contributed by atoms with van der Waals surface area (Å²) >= 11 is 0. The molecule has 2 aromatic heterocycles. The Labute approximate surface area is 149 Å². The van der Waals surface area contributed by atoms with Crippen molar-refractivity contribution in [3.05, 3.63) is 23.9 Å². The molecule has 2 heterocycles. The molecule has 0 saturated heterocycles. The van der Waals surface area contributed by atoms with Crippen LogP contribution in [0.5, 0.6) is 5.75 Å². The van der Waals surface area contributed by atoms with Crippen molar-refractivity contribution in [2.24, 2.45) is 0 Å². The maximum absolute atomic E-state index is 12.9. The van der Waals surface area contributed by atoms with Gasteiger partial charge in [0.2, 0.25) is 0 Å². The molecule has 0 atom stereocenters. The van der Waals surface area contributed by atoms with Crippen molar-refractivity contribution < 1.29 is 19.1 Å². The zero-order valence-electron chi connectivity index (χ0n) is 15.9. The van der Waals surface area contributed by atoms with Crippen LogP contribution in [0, 0.1) is 0 Å². The lowest BCUT2D eigenvalue weighted by molar-refractivity contribution is 0.0544. The van der Waals surface area contributed by atoms with Crippen molar-refractivity contribution in [2.75, 3.05) is 7.11 Å². The zero-order valence-corrected chi connectivity index (χ0v) is 16.9. The monoisotopic (exact) mass is 362 g/mol. The van der Waals surface area contributed by atoms with Gasteiger partial charge < -0.3 is 14.5 Å². The van der Waals surface area contributed by atoms with Gasteiger partial charge in [-0.1, -0.05) is 19.6 Å². The second-order valence-electron chi connectivity index (χ2n) is 7.95. The van der Waals surface area contributed by atoms with Gasteiger partial charge in [-0.25, -0.2) is 4.79 Å². The summed E-state index contributed by atoms with van der Waals surface area (Å²) in [6, 6.07) is 5.55. The second-order valence-corrected chi connectivity index (χ2v) is 13.0. The number of rotatable bonds is 4. The first kappa shape index (κ1) is 19.0. The number of aldehydes is 1. The first-order valence-electron chi connectivity index (χ1n) is 8.16. The topological polar surface area (TPSA) is 73.3 Å². The zero-order chi connectivity index (χ0) is 19.0. The maximum Gasteiger partial charge on any atom is 0.418 e. The van der Waals surface area contributed by atoms with E-state index in [4.69, 9.17) is 9.47 Å². The molecule has 0 bridgehead atoms. The number of carbonyl (C=O) groups is 2. The van der Waals surface area contributed by atoms with E-state index in [1.165, 1.54) is 7.11 Å². The molecule has 0 radical (unpaired) electrons. The number of H-pyrrole nitrogens is 1. The number of hydrogen-bond acceptors (Lipinski definition) is 4. The molecule has 0 saturated carbocycles. The average molecular weight is 363 g/mol. The lowest BCUT2D eigenvalue weighted by Gasteiger charge is -2.24. The number of nitrogens with zero attached hydrogens (tertiary/aromatic N) is 1. The van der Waals surface area contributed by atoms with Crippen LogP contribution in [-0.4, -0.2) is 42.7 Å². The number of aromatic nitrogens is 2. The molecule has 0 aromatic carbocycles. The van der Waals surface area contributed by atoms with Crippen LogP contribution in [0.4, 0.5) is 4.79 Å². The van der Waals surface area contributed by atoms with Crippen LogP contribution in [0.1, 0.15) is 31.3 Å². The minimum absolute atomic E-state index is 0.337. The van der Waals surface area contributed by atoms with Gasteiger partial charge in [0.15, 0.2) is 6.29 Å². The summed E-state index contributed by atoms with van der Waals surface area (Å²) in [5.74, 6) is 0.441. The molecular weight excluding hydrogens is 336 g/mol. The normalized spacial score (nSPS) is 12.1. The van der Waals surface area contributed by atoms with Gasteiger partial charge in [0, 0.05) is 11.4 Å². The lowest BCUT2D eigenvalue weighted by Crippen LogP contribution is -2.46. The van der Waals surface area contributed by atoms with E-state index in [2.05, 4.69) is 24.6 Å². The summed E-state index contributed by atoms with van der Waals surface area (Å²) < 4.78 is 12.4. The van der Waals surface area contributed by atoms with Crippen LogP contribution in [0.15, 0.2) is 18.2 Å². The minimum atomic E-state index is -1.80. The number of methoxy groups -OCH3 is 1. The molecule has 136 valence electrons. The van der Waals surface area contributed by atoms with E-state index in [-0.39, 0.29) is 0 Å². The van der Waals surface area contributed by atoms with Crippen molar-refractivity contribution in [3.8, 4) is 17.1 Å². The first-order chi connectivity index (χ1) is 11.5. The molecular formula is C18H26N2O4Si. The van der Waals surface area contributed by atoms with Crippen LogP contribution < -0.4 is 10.1 Å². The number of nitrogens with one attached hydrogen (secondary N) is 1. The third kappa shape index (κ3) is 4.04. The SMILES string of the molecule is COc1cc(-c2ccc([Si](C)(C)C)n2C(=O)OC(C)(C)C)[nH]c1C=O. The second kappa shape index (κ2) is 6.55. The van der Waals surface area contributed by atoms with Crippen LogP contribution in [0.2, 0.25) is 19.6 Å². The van der Waals surface area contributed by atoms with Gasteiger partial charge in [0.25, 0.3) is 0 Å². The number of ether oxygens (including phenoxy) is 2. The van der Waals surface area contributed by atoms with Gasteiger partial charge in [0.05, 0.1) is 26.6 Å². The summed E-state index contributed by atoms with van der Waals surface area (Å²) in [5, 5.41) is 0.956. The Morgan fingerprint density at radius 3 is 2.32 bits per heavy atom. The molecule has 0 amide bonds. The summed E-state index contributed by atoms with van der Waals surface area (Å²) in [6.07, 6.45) is 0.272. The van der Waals surface area contributed by atoms with Gasteiger partial charge in [-0.15, -0.1) is 0 Å². The molecule has 0 spiro atoms. The third-order valence-electron chi connectivity index (χ3n) is 3.65.